The minimum atomic E-state index is 0.0280. The molecule has 14 heavy (non-hydrogen) atoms. The van der Waals surface area contributed by atoms with Crippen LogP contribution >= 0.6 is 15.9 Å². The van der Waals surface area contributed by atoms with E-state index in [1.165, 1.54) is 0 Å². The summed E-state index contributed by atoms with van der Waals surface area (Å²) in [6.45, 7) is 1.77. The fourth-order valence-electron chi connectivity index (χ4n) is 1.01. The molecule has 0 fully saturated rings. The van der Waals surface area contributed by atoms with E-state index in [1.807, 2.05) is 6.07 Å². The molecule has 1 aromatic heterocycles. The molecule has 1 aromatic rings. The van der Waals surface area contributed by atoms with Crippen molar-refractivity contribution in [3.8, 4) is 11.8 Å². The van der Waals surface area contributed by atoms with Crippen LogP contribution in [-0.2, 0) is 0 Å². The zero-order valence-corrected chi connectivity index (χ0v) is 9.47. The highest BCUT2D eigenvalue weighted by atomic mass is 79.9. The Morgan fingerprint density at radius 2 is 2.43 bits per heavy atom. The van der Waals surface area contributed by atoms with Gasteiger partial charge >= 0.3 is 0 Å². The molecule has 3 heteroatoms. The Bertz CT molecular complexity index is 390. The Morgan fingerprint density at radius 1 is 1.64 bits per heavy atom. The summed E-state index contributed by atoms with van der Waals surface area (Å²) in [5.41, 5.74) is 0.491. The number of pyridine rings is 1. The second kappa shape index (κ2) is 5.56. The van der Waals surface area contributed by atoms with Gasteiger partial charge in [-0.1, -0.05) is 0 Å². The first-order valence-electron chi connectivity index (χ1n) is 4.29. The Labute approximate surface area is 91.9 Å². The van der Waals surface area contributed by atoms with Gasteiger partial charge in [-0.25, -0.2) is 0 Å². The summed E-state index contributed by atoms with van der Waals surface area (Å²) in [6.07, 6.45) is 2.64. The molecule has 0 amide bonds. The van der Waals surface area contributed by atoms with Crippen molar-refractivity contribution in [3.63, 3.8) is 0 Å². The van der Waals surface area contributed by atoms with Gasteiger partial charge in [0, 0.05) is 23.5 Å². The van der Waals surface area contributed by atoms with Gasteiger partial charge in [0.05, 0.1) is 0 Å². The number of carbonyl (C=O) groups is 1. The molecule has 0 aliphatic rings. The van der Waals surface area contributed by atoms with Crippen LogP contribution in [0.2, 0.25) is 0 Å². The van der Waals surface area contributed by atoms with E-state index in [0.29, 0.717) is 18.5 Å². The van der Waals surface area contributed by atoms with Gasteiger partial charge < -0.3 is 0 Å². The van der Waals surface area contributed by atoms with Crippen LogP contribution in [0, 0.1) is 11.8 Å². The molecule has 0 radical (unpaired) electrons. The number of nitrogens with zero attached hydrogens (tertiary/aromatic N) is 1. The third-order valence-corrected chi connectivity index (χ3v) is 2.32. The maximum absolute atomic E-state index is 11.6. The van der Waals surface area contributed by atoms with E-state index >= 15 is 0 Å². The summed E-state index contributed by atoms with van der Waals surface area (Å²) in [6, 6.07) is 3.60. The summed E-state index contributed by atoms with van der Waals surface area (Å²) < 4.78 is 0.745. The second-order valence-corrected chi connectivity index (χ2v) is 3.54. The molecule has 0 saturated carbocycles. The first-order chi connectivity index (χ1) is 6.75. The van der Waals surface area contributed by atoms with Crippen LogP contribution < -0.4 is 0 Å². The largest absolute Gasteiger partial charge is 0.292 e. The zero-order chi connectivity index (χ0) is 10.4. The maximum Gasteiger partial charge on any atom is 0.183 e. The van der Waals surface area contributed by atoms with Gasteiger partial charge in [0.2, 0.25) is 0 Å². The van der Waals surface area contributed by atoms with Crippen LogP contribution in [0.25, 0.3) is 0 Å². The number of hydrogen-bond acceptors (Lipinski definition) is 2. The monoisotopic (exact) mass is 251 g/mol. The van der Waals surface area contributed by atoms with E-state index in [0.717, 1.165) is 4.47 Å². The van der Waals surface area contributed by atoms with Gasteiger partial charge in [0.25, 0.3) is 0 Å². The van der Waals surface area contributed by atoms with Crippen LogP contribution in [0.4, 0.5) is 0 Å². The Morgan fingerprint density at radius 3 is 3.07 bits per heavy atom. The third-order valence-electron chi connectivity index (χ3n) is 1.68. The van der Waals surface area contributed by atoms with Gasteiger partial charge in [-0.05, 0) is 35.0 Å². The highest BCUT2D eigenvalue weighted by Crippen LogP contribution is 2.15. The van der Waals surface area contributed by atoms with Gasteiger partial charge in [0.15, 0.2) is 5.78 Å². The SMILES string of the molecule is CC#CCCC(=O)c1ncccc1Br. The summed E-state index contributed by atoms with van der Waals surface area (Å²) in [5, 5.41) is 0. The van der Waals surface area contributed by atoms with E-state index < -0.39 is 0 Å². The van der Waals surface area contributed by atoms with E-state index in [-0.39, 0.29) is 5.78 Å². The van der Waals surface area contributed by atoms with Crippen LogP contribution in [0.5, 0.6) is 0 Å². The molecule has 0 bridgehead atoms. The molecule has 0 spiro atoms. The number of rotatable bonds is 3. The number of Topliss-reactive ketones (excluding diaryl/α,β-unsaturated/α-hetero) is 1. The van der Waals surface area contributed by atoms with Gasteiger partial charge in [-0.15, -0.1) is 11.8 Å². The molecule has 72 valence electrons. The smallest absolute Gasteiger partial charge is 0.183 e. The van der Waals surface area contributed by atoms with E-state index in [4.69, 9.17) is 0 Å². The quantitative estimate of drug-likeness (QED) is 0.611. The van der Waals surface area contributed by atoms with Crippen LogP contribution in [0.1, 0.15) is 30.3 Å². The Hall–Kier alpha value is -1.14. The summed E-state index contributed by atoms with van der Waals surface area (Å²) in [4.78, 5) is 15.6. The lowest BCUT2D eigenvalue weighted by Gasteiger charge is -1.99. The van der Waals surface area contributed by atoms with Gasteiger partial charge in [0.1, 0.15) is 5.69 Å². The summed E-state index contributed by atoms with van der Waals surface area (Å²) in [5.74, 6) is 5.64. The molecule has 0 aliphatic heterocycles. The minimum Gasteiger partial charge on any atom is -0.292 e. The van der Waals surface area contributed by atoms with Crippen molar-refractivity contribution < 1.29 is 4.79 Å². The lowest BCUT2D eigenvalue weighted by Crippen LogP contribution is -2.02. The molecule has 1 heterocycles. The van der Waals surface area contributed by atoms with Crippen molar-refractivity contribution in [2.75, 3.05) is 0 Å². The number of ketones is 1. The van der Waals surface area contributed by atoms with Crippen molar-refractivity contribution >= 4 is 21.7 Å². The molecule has 0 unspecified atom stereocenters. The van der Waals surface area contributed by atoms with Crippen molar-refractivity contribution in [2.24, 2.45) is 0 Å². The predicted molar refractivity (Wildman–Crippen MR) is 59.0 cm³/mol. The van der Waals surface area contributed by atoms with Crippen LogP contribution in [0.15, 0.2) is 22.8 Å². The molecule has 0 aromatic carbocycles. The zero-order valence-electron chi connectivity index (χ0n) is 7.88. The topological polar surface area (TPSA) is 30.0 Å². The number of aromatic nitrogens is 1. The van der Waals surface area contributed by atoms with Crippen molar-refractivity contribution in [1.82, 2.24) is 4.98 Å². The lowest BCUT2D eigenvalue weighted by molar-refractivity contribution is 0.0978. The molecule has 1 rings (SSSR count). The van der Waals surface area contributed by atoms with Gasteiger partial charge in [-0.3, -0.25) is 9.78 Å². The molecular formula is C11H10BrNO. The van der Waals surface area contributed by atoms with Crippen LogP contribution in [-0.4, -0.2) is 10.8 Å². The maximum atomic E-state index is 11.6. The number of hydrogen-bond donors (Lipinski definition) is 0. The fraction of sp³-hybridized carbons (Fsp3) is 0.273. The van der Waals surface area contributed by atoms with E-state index in [1.54, 1.807) is 19.2 Å². The Kier molecular flexibility index (Phi) is 4.34. The highest BCUT2D eigenvalue weighted by molar-refractivity contribution is 9.10. The molecule has 0 atom stereocenters. The highest BCUT2D eigenvalue weighted by Gasteiger charge is 2.09. The standard InChI is InChI=1S/C11H10BrNO/c1-2-3-4-7-10(14)11-9(12)6-5-8-13-11/h5-6,8H,4,7H2,1H3. The molecule has 0 aliphatic carbocycles. The second-order valence-electron chi connectivity index (χ2n) is 2.68. The lowest BCUT2D eigenvalue weighted by atomic mass is 10.1. The summed E-state index contributed by atoms with van der Waals surface area (Å²) >= 11 is 3.29. The normalized spacial score (nSPS) is 9.00. The first-order valence-corrected chi connectivity index (χ1v) is 5.08. The summed E-state index contributed by atoms with van der Waals surface area (Å²) in [7, 11) is 0. The minimum absolute atomic E-state index is 0.0280. The fourth-order valence-corrected chi connectivity index (χ4v) is 1.49. The predicted octanol–water partition coefficient (Wildman–Crippen LogP) is 2.83. The molecule has 0 saturated heterocycles. The van der Waals surface area contributed by atoms with E-state index in [9.17, 15) is 4.79 Å². The average Bonchev–Trinajstić information content (AvgIpc) is 2.18. The van der Waals surface area contributed by atoms with Crippen LogP contribution in [0.3, 0.4) is 0 Å². The molecular weight excluding hydrogens is 242 g/mol. The Balaban J connectivity index is 2.68. The average molecular weight is 252 g/mol. The first kappa shape index (κ1) is 10.9. The number of carbonyl (C=O) groups excluding carboxylic acids is 1. The number of halogens is 1. The van der Waals surface area contributed by atoms with E-state index in [2.05, 4.69) is 32.8 Å². The van der Waals surface area contributed by atoms with Crippen molar-refractivity contribution in [3.05, 3.63) is 28.5 Å². The molecule has 0 N–H and O–H groups in total. The molecule has 2 nitrogen and oxygen atoms in total. The van der Waals surface area contributed by atoms with Gasteiger partial charge in [-0.2, -0.15) is 0 Å². The third kappa shape index (κ3) is 2.97. The van der Waals surface area contributed by atoms with Crippen molar-refractivity contribution in [2.45, 2.75) is 19.8 Å². The van der Waals surface area contributed by atoms with Crippen molar-refractivity contribution in [1.29, 1.82) is 0 Å².